The monoisotopic (exact) mass is 641 g/mol. The second kappa shape index (κ2) is 13.5. The van der Waals surface area contributed by atoms with Crippen molar-refractivity contribution >= 4 is 0 Å². The van der Waals surface area contributed by atoms with Crippen molar-refractivity contribution in [3.63, 3.8) is 0 Å². The van der Waals surface area contributed by atoms with Gasteiger partial charge in [0.25, 0.3) is 0 Å². The predicted octanol–water partition coefficient (Wildman–Crippen LogP) is 9.60. The zero-order valence-corrected chi connectivity index (χ0v) is 26.7. The molecule has 7 nitrogen and oxygen atoms in total. The molecule has 0 amide bonds. The van der Waals surface area contributed by atoms with E-state index in [4.69, 9.17) is 29.9 Å². The number of rotatable bonds is 7. The number of hydrogen-bond acceptors (Lipinski definition) is 7. The molecule has 7 heteroatoms. The summed E-state index contributed by atoms with van der Waals surface area (Å²) in [6.45, 7) is 0. The fraction of sp³-hybridized carbons (Fsp3) is 0. The quantitative estimate of drug-likeness (QED) is 0.171. The van der Waals surface area contributed by atoms with Crippen molar-refractivity contribution in [2.45, 2.75) is 0 Å². The fourth-order valence-electron chi connectivity index (χ4n) is 5.73. The van der Waals surface area contributed by atoms with Gasteiger partial charge in [-0.1, -0.05) is 140 Å². The summed E-state index contributed by atoms with van der Waals surface area (Å²) >= 11 is 0. The van der Waals surface area contributed by atoms with Crippen LogP contribution >= 0.6 is 0 Å². The molecule has 8 aromatic rings. The van der Waals surface area contributed by atoms with Gasteiger partial charge in [-0.15, -0.1) is 0 Å². The molecule has 2 aromatic heterocycles. The van der Waals surface area contributed by atoms with Gasteiger partial charge in [-0.05, 0) is 35.4 Å². The topological polar surface area (TPSA) is 101 Å². The largest absolute Gasteiger partial charge is 0.208 e. The van der Waals surface area contributed by atoms with E-state index in [1.807, 2.05) is 133 Å². The number of hydrogen-bond donors (Lipinski definition) is 0. The van der Waals surface area contributed by atoms with Gasteiger partial charge in [0, 0.05) is 33.4 Å². The van der Waals surface area contributed by atoms with E-state index in [0.717, 1.165) is 38.9 Å². The summed E-state index contributed by atoms with van der Waals surface area (Å²) < 4.78 is 0. The van der Waals surface area contributed by atoms with Crippen LogP contribution in [0.3, 0.4) is 0 Å². The molecule has 0 saturated carbocycles. The Morgan fingerprint density at radius 3 is 1.04 bits per heavy atom. The van der Waals surface area contributed by atoms with Crippen molar-refractivity contribution in [2.75, 3.05) is 0 Å². The molecule has 0 spiro atoms. The van der Waals surface area contributed by atoms with Crippen LogP contribution in [0.25, 0.3) is 79.5 Å². The third-order valence-corrected chi connectivity index (χ3v) is 8.23. The fourth-order valence-corrected chi connectivity index (χ4v) is 5.73. The number of nitrogens with zero attached hydrogens (tertiary/aromatic N) is 7. The summed E-state index contributed by atoms with van der Waals surface area (Å²) in [5, 5.41) is 9.83. The summed E-state index contributed by atoms with van der Waals surface area (Å²) in [7, 11) is 0. The lowest BCUT2D eigenvalue weighted by molar-refractivity contribution is 1.07. The third kappa shape index (κ3) is 6.25. The number of nitriles is 1. The highest BCUT2D eigenvalue weighted by Gasteiger charge is 2.16. The number of benzene rings is 6. The smallest absolute Gasteiger partial charge is 0.165 e. The summed E-state index contributed by atoms with van der Waals surface area (Å²) in [6.07, 6.45) is 0. The molecule has 0 N–H and O–H groups in total. The maximum Gasteiger partial charge on any atom is 0.165 e. The van der Waals surface area contributed by atoms with Gasteiger partial charge in [0.2, 0.25) is 0 Å². The minimum Gasteiger partial charge on any atom is -0.208 e. The van der Waals surface area contributed by atoms with Crippen LogP contribution in [0, 0.1) is 11.3 Å². The van der Waals surface area contributed by atoms with Gasteiger partial charge in [-0.2, -0.15) is 5.26 Å². The molecule has 6 aromatic carbocycles. The SMILES string of the molecule is N#Cc1ccccc1-c1nc(-c2ccccc2)nc(-c2cccc(-c3cccc(-c4nc(-c5ccccc5)nc(-c5ccccc5)n4)c3)c2)n1. The zero-order chi connectivity index (χ0) is 33.7. The Kier molecular flexibility index (Phi) is 8.16. The highest BCUT2D eigenvalue weighted by Crippen LogP contribution is 2.31. The first-order chi connectivity index (χ1) is 24.7. The van der Waals surface area contributed by atoms with Crippen molar-refractivity contribution in [1.29, 1.82) is 5.26 Å². The molecule has 0 saturated heterocycles. The highest BCUT2D eigenvalue weighted by atomic mass is 15.0. The molecule has 0 atom stereocenters. The van der Waals surface area contributed by atoms with E-state index < -0.39 is 0 Å². The molecular weight excluding hydrogens is 615 g/mol. The van der Waals surface area contributed by atoms with Gasteiger partial charge < -0.3 is 0 Å². The molecule has 0 bridgehead atoms. The van der Waals surface area contributed by atoms with Crippen molar-refractivity contribution in [3.8, 4) is 85.5 Å². The molecule has 50 heavy (non-hydrogen) atoms. The summed E-state index contributed by atoms with van der Waals surface area (Å²) in [4.78, 5) is 29.3. The van der Waals surface area contributed by atoms with E-state index in [-0.39, 0.29) is 0 Å². The summed E-state index contributed by atoms with van der Waals surface area (Å²) in [5.41, 5.74) is 7.50. The minimum absolute atomic E-state index is 0.441. The molecular formula is C43H27N7. The van der Waals surface area contributed by atoms with Gasteiger partial charge in [-0.25, -0.2) is 29.9 Å². The van der Waals surface area contributed by atoms with Crippen LogP contribution < -0.4 is 0 Å². The van der Waals surface area contributed by atoms with Crippen molar-refractivity contribution in [2.24, 2.45) is 0 Å². The van der Waals surface area contributed by atoms with Crippen molar-refractivity contribution in [3.05, 3.63) is 169 Å². The zero-order valence-electron chi connectivity index (χ0n) is 26.7. The summed E-state index contributed by atoms with van der Waals surface area (Å²) in [6, 6.07) is 55.6. The Morgan fingerprint density at radius 2 is 0.620 bits per heavy atom. The molecule has 0 fully saturated rings. The van der Waals surface area contributed by atoms with Crippen LogP contribution in [-0.4, -0.2) is 29.9 Å². The molecule has 234 valence electrons. The first-order valence-electron chi connectivity index (χ1n) is 16.1. The van der Waals surface area contributed by atoms with Crippen molar-refractivity contribution < 1.29 is 0 Å². The lowest BCUT2D eigenvalue weighted by Crippen LogP contribution is -2.01. The molecule has 0 aliphatic heterocycles. The molecule has 0 aliphatic rings. The highest BCUT2D eigenvalue weighted by molar-refractivity contribution is 5.76. The average molecular weight is 642 g/mol. The molecule has 8 rings (SSSR count). The van der Waals surface area contributed by atoms with Gasteiger partial charge in [0.15, 0.2) is 34.9 Å². The molecule has 0 aliphatic carbocycles. The van der Waals surface area contributed by atoms with Crippen LogP contribution in [0.5, 0.6) is 0 Å². The Labute approximate surface area is 289 Å². The molecule has 2 heterocycles. The van der Waals surface area contributed by atoms with E-state index in [0.29, 0.717) is 46.1 Å². The van der Waals surface area contributed by atoms with E-state index in [1.165, 1.54) is 0 Å². The van der Waals surface area contributed by atoms with E-state index in [2.05, 4.69) is 30.3 Å². The normalized spacial score (nSPS) is 10.8. The Bertz CT molecular complexity index is 2440. The Balaban J connectivity index is 1.22. The number of aromatic nitrogens is 6. The standard InChI is InChI=1S/C43H27N7/c44-28-36-20-10-11-25-37(36)43-49-40(31-18-8-3-9-19-31)48-42(50-43)35-24-13-22-33(27-35)32-21-12-23-34(26-32)41-46-38(29-14-4-1-5-15-29)45-39(47-41)30-16-6-2-7-17-30/h1-27H. The first kappa shape index (κ1) is 30.2. The third-order valence-electron chi connectivity index (χ3n) is 8.23. The van der Waals surface area contributed by atoms with Crippen molar-refractivity contribution in [1.82, 2.24) is 29.9 Å². The summed E-state index contributed by atoms with van der Waals surface area (Å²) in [5.74, 6) is 3.29. The minimum atomic E-state index is 0.441. The van der Waals surface area contributed by atoms with Crippen LogP contribution in [0.4, 0.5) is 0 Å². The van der Waals surface area contributed by atoms with Gasteiger partial charge >= 0.3 is 0 Å². The van der Waals surface area contributed by atoms with Crippen LogP contribution in [-0.2, 0) is 0 Å². The first-order valence-corrected chi connectivity index (χ1v) is 16.1. The lowest BCUT2D eigenvalue weighted by Gasteiger charge is -2.11. The van der Waals surface area contributed by atoms with Crippen LogP contribution in [0.2, 0.25) is 0 Å². The van der Waals surface area contributed by atoms with E-state index >= 15 is 0 Å². The predicted molar refractivity (Wildman–Crippen MR) is 196 cm³/mol. The lowest BCUT2D eigenvalue weighted by atomic mass is 10.0. The van der Waals surface area contributed by atoms with Gasteiger partial charge in [-0.3, -0.25) is 0 Å². The van der Waals surface area contributed by atoms with E-state index in [9.17, 15) is 5.26 Å². The Morgan fingerprint density at radius 1 is 0.300 bits per heavy atom. The second-order valence-electron chi connectivity index (χ2n) is 11.5. The maximum atomic E-state index is 9.83. The van der Waals surface area contributed by atoms with Gasteiger partial charge in [0.05, 0.1) is 11.6 Å². The molecule has 0 radical (unpaired) electrons. The average Bonchev–Trinajstić information content (AvgIpc) is 3.21. The van der Waals surface area contributed by atoms with Gasteiger partial charge in [0.1, 0.15) is 0 Å². The van der Waals surface area contributed by atoms with Crippen LogP contribution in [0.15, 0.2) is 164 Å². The maximum absolute atomic E-state index is 9.83. The van der Waals surface area contributed by atoms with Crippen LogP contribution in [0.1, 0.15) is 5.56 Å². The van der Waals surface area contributed by atoms with E-state index in [1.54, 1.807) is 6.07 Å². The second-order valence-corrected chi connectivity index (χ2v) is 11.5. The Hall–Kier alpha value is -7.17. The molecule has 0 unspecified atom stereocenters.